The summed E-state index contributed by atoms with van der Waals surface area (Å²) in [6, 6.07) is 16.6. The number of para-hydroxylation sites is 1. The summed E-state index contributed by atoms with van der Waals surface area (Å²) in [4.78, 5) is 17.1. The molecule has 0 aliphatic heterocycles. The quantitative estimate of drug-likeness (QED) is 0.574. The molecule has 3 N–H and O–H groups in total. The van der Waals surface area contributed by atoms with Gasteiger partial charge in [0.15, 0.2) is 0 Å². The van der Waals surface area contributed by atoms with Crippen molar-refractivity contribution in [3.63, 3.8) is 0 Å². The van der Waals surface area contributed by atoms with Crippen molar-refractivity contribution in [1.82, 2.24) is 10.3 Å². The van der Waals surface area contributed by atoms with Crippen LogP contribution in [0.1, 0.15) is 30.5 Å². The number of fused-ring (bicyclic) bond motifs is 1. The van der Waals surface area contributed by atoms with Gasteiger partial charge in [-0.1, -0.05) is 42.5 Å². The third kappa shape index (κ3) is 4.52. The van der Waals surface area contributed by atoms with E-state index in [1.165, 1.54) is 5.56 Å². The summed E-state index contributed by atoms with van der Waals surface area (Å²) in [5.41, 5.74) is 4.59. The monoisotopic (exact) mass is 350 g/mol. The molecule has 0 aliphatic carbocycles. The molecule has 4 heteroatoms. The van der Waals surface area contributed by atoms with Gasteiger partial charge >= 0.3 is 0 Å². The molecule has 1 aromatic heterocycles. The number of hydrogen-bond acceptors (Lipinski definition) is 1. The molecular weight excluding hydrogens is 322 g/mol. The molecule has 1 amide bonds. The summed E-state index contributed by atoms with van der Waals surface area (Å²) in [6.45, 7) is 8.34. The molecule has 136 valence electrons. The molecule has 0 aliphatic rings. The van der Waals surface area contributed by atoms with Crippen molar-refractivity contribution in [2.45, 2.75) is 33.4 Å². The van der Waals surface area contributed by atoms with E-state index in [0.717, 1.165) is 41.7 Å². The van der Waals surface area contributed by atoms with Gasteiger partial charge in [0.2, 0.25) is 5.91 Å². The van der Waals surface area contributed by atoms with Gasteiger partial charge in [0, 0.05) is 29.2 Å². The zero-order chi connectivity index (χ0) is 18.4. The molecule has 3 aromatic rings. The zero-order valence-electron chi connectivity index (χ0n) is 15.6. The average molecular weight is 350 g/mol. The lowest BCUT2D eigenvalue weighted by Crippen LogP contribution is -3.10. The van der Waals surface area contributed by atoms with Gasteiger partial charge in [-0.15, -0.1) is 0 Å². The summed E-state index contributed by atoms with van der Waals surface area (Å²) < 4.78 is 0. The molecule has 0 saturated heterocycles. The summed E-state index contributed by atoms with van der Waals surface area (Å²) in [7, 11) is 0. The fourth-order valence-electron chi connectivity index (χ4n) is 3.28. The maximum absolute atomic E-state index is 12.3. The van der Waals surface area contributed by atoms with E-state index in [1.807, 2.05) is 30.5 Å². The second-order valence-corrected chi connectivity index (χ2v) is 6.76. The second kappa shape index (κ2) is 8.68. The summed E-state index contributed by atoms with van der Waals surface area (Å²) in [5, 5.41) is 4.14. The number of benzene rings is 2. The number of hydrogen-bond donors (Lipinski definition) is 3. The number of aromatic amines is 1. The number of rotatable bonds is 8. The van der Waals surface area contributed by atoms with Crippen LogP contribution in [0.3, 0.4) is 0 Å². The van der Waals surface area contributed by atoms with Crippen LogP contribution in [0.4, 0.5) is 0 Å². The first-order valence-corrected chi connectivity index (χ1v) is 9.42. The Morgan fingerprint density at radius 1 is 1.00 bits per heavy atom. The summed E-state index contributed by atoms with van der Waals surface area (Å²) >= 11 is 0. The van der Waals surface area contributed by atoms with Gasteiger partial charge < -0.3 is 15.2 Å². The van der Waals surface area contributed by atoms with Gasteiger partial charge in [-0.05, 0) is 31.0 Å². The molecule has 0 spiro atoms. The molecule has 0 unspecified atom stereocenters. The number of carbonyl (C=O) groups is 1. The van der Waals surface area contributed by atoms with E-state index in [-0.39, 0.29) is 5.91 Å². The van der Waals surface area contributed by atoms with Gasteiger partial charge in [-0.2, -0.15) is 0 Å². The molecule has 26 heavy (non-hydrogen) atoms. The van der Waals surface area contributed by atoms with Crippen LogP contribution >= 0.6 is 0 Å². The lowest BCUT2D eigenvalue weighted by atomic mass is 10.1. The van der Waals surface area contributed by atoms with Crippen LogP contribution in [-0.2, 0) is 24.3 Å². The predicted molar refractivity (Wildman–Crippen MR) is 106 cm³/mol. The van der Waals surface area contributed by atoms with Gasteiger partial charge in [0.25, 0.3) is 0 Å². The van der Waals surface area contributed by atoms with Crippen molar-refractivity contribution in [3.8, 4) is 0 Å². The molecule has 0 fully saturated rings. The molecule has 0 saturated carbocycles. The van der Waals surface area contributed by atoms with E-state index in [4.69, 9.17) is 0 Å². The molecule has 2 aromatic carbocycles. The SMILES string of the molecule is CC[NH+](CC)Cc1ccc(CNC(=O)Cc2c[nH]c3ccccc23)cc1. The van der Waals surface area contributed by atoms with E-state index in [2.05, 4.69) is 48.4 Å². The van der Waals surface area contributed by atoms with Gasteiger partial charge in [-0.3, -0.25) is 4.79 Å². The topological polar surface area (TPSA) is 49.3 Å². The molecule has 4 nitrogen and oxygen atoms in total. The van der Waals surface area contributed by atoms with E-state index in [1.54, 1.807) is 4.90 Å². The van der Waals surface area contributed by atoms with Gasteiger partial charge in [0.05, 0.1) is 19.5 Å². The molecule has 0 bridgehead atoms. The lowest BCUT2D eigenvalue weighted by molar-refractivity contribution is -0.910. The van der Waals surface area contributed by atoms with E-state index in [9.17, 15) is 4.79 Å². The van der Waals surface area contributed by atoms with E-state index >= 15 is 0 Å². The molecule has 3 rings (SSSR count). The Balaban J connectivity index is 1.53. The van der Waals surface area contributed by atoms with Crippen LogP contribution in [0.15, 0.2) is 54.7 Å². The minimum Gasteiger partial charge on any atom is -0.361 e. The number of quaternary nitrogens is 1. The van der Waals surface area contributed by atoms with Crippen LogP contribution < -0.4 is 10.2 Å². The number of aromatic nitrogens is 1. The largest absolute Gasteiger partial charge is 0.361 e. The maximum Gasteiger partial charge on any atom is 0.224 e. The van der Waals surface area contributed by atoms with E-state index < -0.39 is 0 Å². The van der Waals surface area contributed by atoms with Crippen molar-refractivity contribution in [2.24, 2.45) is 0 Å². The van der Waals surface area contributed by atoms with Crippen molar-refractivity contribution >= 4 is 16.8 Å². The standard InChI is InChI=1S/C22H27N3O/c1-3-25(4-2)16-18-11-9-17(10-12-18)14-24-22(26)13-19-15-23-21-8-6-5-7-20(19)21/h5-12,15,23H,3-4,13-14,16H2,1-2H3,(H,24,26)/p+1. The van der Waals surface area contributed by atoms with Crippen molar-refractivity contribution in [2.75, 3.05) is 13.1 Å². The Labute approximate surface area is 155 Å². The number of amides is 1. The van der Waals surface area contributed by atoms with Crippen molar-refractivity contribution < 1.29 is 9.69 Å². The highest BCUT2D eigenvalue weighted by molar-refractivity contribution is 5.88. The van der Waals surface area contributed by atoms with Crippen LogP contribution in [-0.4, -0.2) is 24.0 Å². The highest BCUT2D eigenvalue weighted by Gasteiger charge is 2.09. The zero-order valence-corrected chi connectivity index (χ0v) is 15.6. The first-order chi connectivity index (χ1) is 12.7. The fourth-order valence-corrected chi connectivity index (χ4v) is 3.28. The first-order valence-electron chi connectivity index (χ1n) is 9.42. The first kappa shape index (κ1) is 18.2. The lowest BCUT2D eigenvalue weighted by Gasteiger charge is -2.15. The van der Waals surface area contributed by atoms with Crippen LogP contribution in [0.25, 0.3) is 10.9 Å². The summed E-state index contributed by atoms with van der Waals surface area (Å²) in [5.74, 6) is 0.0476. The Morgan fingerprint density at radius 2 is 1.69 bits per heavy atom. The normalized spacial score (nSPS) is 11.2. The van der Waals surface area contributed by atoms with Crippen LogP contribution in [0.2, 0.25) is 0 Å². The minimum atomic E-state index is 0.0476. The Hall–Kier alpha value is -2.59. The fraction of sp³-hybridized carbons (Fsp3) is 0.318. The van der Waals surface area contributed by atoms with Crippen LogP contribution in [0.5, 0.6) is 0 Å². The molecule has 0 atom stereocenters. The number of H-pyrrole nitrogens is 1. The van der Waals surface area contributed by atoms with Crippen molar-refractivity contribution in [3.05, 3.63) is 71.4 Å². The second-order valence-electron chi connectivity index (χ2n) is 6.76. The Morgan fingerprint density at radius 3 is 2.42 bits per heavy atom. The smallest absolute Gasteiger partial charge is 0.224 e. The van der Waals surface area contributed by atoms with Gasteiger partial charge in [-0.25, -0.2) is 0 Å². The third-order valence-corrected chi connectivity index (χ3v) is 4.99. The van der Waals surface area contributed by atoms with Crippen molar-refractivity contribution in [1.29, 1.82) is 0 Å². The molecule has 0 radical (unpaired) electrons. The van der Waals surface area contributed by atoms with Crippen LogP contribution in [0, 0.1) is 0 Å². The predicted octanol–water partition coefficient (Wildman–Crippen LogP) is 2.45. The highest BCUT2D eigenvalue weighted by Crippen LogP contribution is 2.18. The minimum absolute atomic E-state index is 0.0476. The number of nitrogens with one attached hydrogen (secondary N) is 3. The Bertz CT molecular complexity index is 847. The van der Waals surface area contributed by atoms with Gasteiger partial charge in [0.1, 0.15) is 6.54 Å². The third-order valence-electron chi connectivity index (χ3n) is 4.99. The molecule has 1 heterocycles. The average Bonchev–Trinajstić information content (AvgIpc) is 3.08. The van der Waals surface area contributed by atoms with E-state index in [0.29, 0.717) is 13.0 Å². The highest BCUT2D eigenvalue weighted by atomic mass is 16.1. The number of carbonyl (C=O) groups excluding carboxylic acids is 1. The Kier molecular flexibility index (Phi) is 6.08. The summed E-state index contributed by atoms with van der Waals surface area (Å²) in [6.07, 6.45) is 2.32. The molecular formula is C22H28N3O+. The maximum atomic E-state index is 12.3.